The van der Waals surface area contributed by atoms with Gasteiger partial charge in [-0.1, -0.05) is 60.7 Å². The maximum Gasteiger partial charge on any atom is 0.213 e. The Hall–Kier alpha value is -4.04. The maximum atomic E-state index is 4.42. The number of benzene rings is 3. The summed E-state index contributed by atoms with van der Waals surface area (Å²) in [5.41, 5.74) is 8.17. The quantitative estimate of drug-likeness (QED) is 0.214. The topological polar surface area (TPSA) is 7.76 Å². The van der Waals surface area contributed by atoms with Crippen LogP contribution in [0, 0.1) is 5.92 Å². The van der Waals surface area contributed by atoms with Gasteiger partial charge in [-0.3, -0.25) is 0 Å². The number of allylic oxidation sites excluding steroid dienone is 1. The lowest BCUT2D eigenvalue weighted by Crippen LogP contribution is -2.79. The number of nitrogens with zero attached hydrogens (tertiary/aromatic N) is 2. The molecular formula is C33H26N2+2. The fourth-order valence-electron chi connectivity index (χ4n) is 7.56. The summed E-state index contributed by atoms with van der Waals surface area (Å²) in [6, 6.07) is 36.1. The molecule has 0 radical (unpaired) electrons. The van der Waals surface area contributed by atoms with Gasteiger partial charge in [-0.05, 0) is 40.8 Å². The van der Waals surface area contributed by atoms with Gasteiger partial charge < -0.3 is 0 Å². The van der Waals surface area contributed by atoms with E-state index in [-0.39, 0.29) is 5.54 Å². The van der Waals surface area contributed by atoms with Crippen LogP contribution in [0.1, 0.15) is 23.1 Å². The summed E-state index contributed by atoms with van der Waals surface area (Å²) in [5, 5.41) is 2.59. The van der Waals surface area contributed by atoms with E-state index in [4.69, 9.17) is 0 Å². The highest BCUT2D eigenvalue weighted by Gasteiger charge is 2.75. The van der Waals surface area contributed by atoms with Crippen molar-refractivity contribution in [2.45, 2.75) is 23.9 Å². The van der Waals surface area contributed by atoms with Crippen molar-refractivity contribution in [3.63, 3.8) is 0 Å². The SMILES string of the molecule is C=CC1C2C(c3ccccc3-c3cc4ccccc4c[n+]32)C12Cc1ccccc1-c1cccc[n+]12. The molecule has 35 heavy (non-hydrogen) atoms. The molecule has 1 fully saturated rings. The summed E-state index contributed by atoms with van der Waals surface area (Å²) in [4.78, 5) is 0. The minimum atomic E-state index is -0.0796. The van der Waals surface area contributed by atoms with Gasteiger partial charge in [0, 0.05) is 35.6 Å². The first-order chi connectivity index (χ1) is 17.3. The van der Waals surface area contributed by atoms with Crippen molar-refractivity contribution >= 4 is 10.8 Å². The van der Waals surface area contributed by atoms with Crippen LogP contribution in [0.3, 0.4) is 0 Å². The van der Waals surface area contributed by atoms with Crippen LogP contribution >= 0.6 is 0 Å². The van der Waals surface area contributed by atoms with Crippen molar-refractivity contribution < 1.29 is 9.13 Å². The summed E-state index contributed by atoms with van der Waals surface area (Å²) in [6.45, 7) is 4.42. The number of pyridine rings is 2. The standard InChI is InChI=1S/C33H26N2/c1-2-28-32-31(33(28)20-23-12-5-6-14-25(23)29-17-9-10-18-35(29)33)27-16-8-7-15-26(27)30-19-22-11-3-4-13-24(22)21-34(30)32/h2-19,21,28,31-32H,1,20H2/q+2. The van der Waals surface area contributed by atoms with Gasteiger partial charge in [0.25, 0.3) is 0 Å². The zero-order chi connectivity index (χ0) is 23.1. The maximum absolute atomic E-state index is 4.42. The van der Waals surface area contributed by atoms with E-state index in [9.17, 15) is 0 Å². The highest BCUT2D eigenvalue weighted by molar-refractivity contribution is 5.84. The van der Waals surface area contributed by atoms with E-state index < -0.39 is 0 Å². The molecule has 4 heterocycles. The zero-order valence-electron chi connectivity index (χ0n) is 19.5. The Balaban J connectivity index is 1.44. The summed E-state index contributed by atoms with van der Waals surface area (Å²) < 4.78 is 5.16. The van der Waals surface area contributed by atoms with E-state index in [1.54, 1.807) is 0 Å². The molecule has 166 valence electrons. The van der Waals surface area contributed by atoms with Gasteiger partial charge in [0.2, 0.25) is 11.4 Å². The lowest BCUT2D eigenvalue weighted by Gasteiger charge is -2.56. The molecule has 1 aliphatic carbocycles. The molecule has 8 rings (SSSR count). The van der Waals surface area contributed by atoms with Gasteiger partial charge in [0.05, 0.1) is 5.56 Å². The lowest BCUT2D eigenvalue weighted by atomic mass is 9.48. The molecule has 3 aliphatic rings. The van der Waals surface area contributed by atoms with Crippen LogP contribution in [0.4, 0.5) is 0 Å². The second-order valence-electron chi connectivity index (χ2n) is 10.3. The van der Waals surface area contributed by atoms with Crippen molar-refractivity contribution in [3.05, 3.63) is 133 Å². The first-order valence-electron chi connectivity index (χ1n) is 12.6. The lowest BCUT2D eigenvalue weighted by molar-refractivity contribution is -0.836. The second-order valence-corrected chi connectivity index (χ2v) is 10.3. The van der Waals surface area contributed by atoms with Gasteiger partial charge >= 0.3 is 0 Å². The van der Waals surface area contributed by atoms with E-state index in [0.717, 1.165) is 6.42 Å². The largest absolute Gasteiger partial charge is 0.213 e. The Labute approximate surface area is 205 Å². The Morgan fingerprint density at radius 3 is 2.40 bits per heavy atom. The molecule has 4 atom stereocenters. The highest BCUT2D eigenvalue weighted by atomic mass is 15.2. The molecule has 4 unspecified atom stereocenters. The zero-order valence-corrected chi connectivity index (χ0v) is 19.5. The van der Waals surface area contributed by atoms with Crippen molar-refractivity contribution in [1.29, 1.82) is 0 Å². The molecule has 2 aromatic heterocycles. The highest BCUT2D eigenvalue weighted by Crippen LogP contribution is 2.64. The number of hydrogen-bond acceptors (Lipinski definition) is 0. The molecule has 0 bridgehead atoms. The van der Waals surface area contributed by atoms with E-state index in [1.807, 2.05) is 0 Å². The summed E-state index contributed by atoms with van der Waals surface area (Å²) >= 11 is 0. The third-order valence-electron chi connectivity index (χ3n) is 8.89. The third-order valence-corrected chi connectivity index (χ3v) is 8.89. The van der Waals surface area contributed by atoms with Crippen LogP contribution < -0.4 is 9.13 Å². The van der Waals surface area contributed by atoms with E-state index in [0.29, 0.717) is 17.9 Å². The van der Waals surface area contributed by atoms with Gasteiger partial charge in [-0.2, -0.15) is 9.13 Å². The van der Waals surface area contributed by atoms with E-state index >= 15 is 0 Å². The molecule has 2 heteroatoms. The van der Waals surface area contributed by atoms with Gasteiger partial charge in [-0.15, -0.1) is 6.58 Å². The Kier molecular flexibility index (Phi) is 3.73. The van der Waals surface area contributed by atoms with Crippen LogP contribution in [-0.4, -0.2) is 0 Å². The molecule has 0 N–H and O–H groups in total. The molecule has 1 saturated carbocycles. The third kappa shape index (κ3) is 2.30. The molecule has 5 aromatic rings. The number of aromatic nitrogens is 2. The first kappa shape index (κ1) is 19.3. The number of rotatable bonds is 1. The van der Waals surface area contributed by atoms with Crippen molar-refractivity contribution in [1.82, 2.24) is 0 Å². The van der Waals surface area contributed by atoms with Gasteiger partial charge in [0.1, 0.15) is 11.8 Å². The number of fused-ring (bicyclic) bond motifs is 12. The van der Waals surface area contributed by atoms with Gasteiger partial charge in [-0.25, -0.2) is 0 Å². The van der Waals surface area contributed by atoms with Crippen LogP contribution in [0.2, 0.25) is 0 Å². The fourth-order valence-corrected chi connectivity index (χ4v) is 7.56. The fraction of sp³-hybridized carbons (Fsp3) is 0.152. The molecule has 1 spiro atoms. The molecule has 2 aliphatic heterocycles. The molecule has 0 amide bonds. The van der Waals surface area contributed by atoms with E-state index in [2.05, 4.69) is 131 Å². The van der Waals surface area contributed by atoms with Crippen LogP contribution in [0.15, 0.2) is 122 Å². The Morgan fingerprint density at radius 1 is 0.771 bits per heavy atom. The van der Waals surface area contributed by atoms with Crippen LogP contribution in [-0.2, 0) is 12.0 Å². The Bertz CT molecular complexity index is 1680. The molecular weight excluding hydrogens is 424 g/mol. The normalized spacial score (nSPS) is 25.0. The van der Waals surface area contributed by atoms with E-state index in [1.165, 1.54) is 44.4 Å². The summed E-state index contributed by atoms with van der Waals surface area (Å²) in [7, 11) is 0. The minimum absolute atomic E-state index is 0.0796. The van der Waals surface area contributed by atoms with Crippen LogP contribution in [0.5, 0.6) is 0 Å². The monoisotopic (exact) mass is 450 g/mol. The van der Waals surface area contributed by atoms with Gasteiger partial charge in [0.15, 0.2) is 24.0 Å². The second kappa shape index (κ2) is 6.76. The molecule has 3 aromatic carbocycles. The van der Waals surface area contributed by atoms with Crippen molar-refractivity contribution in [3.8, 4) is 22.5 Å². The van der Waals surface area contributed by atoms with Crippen molar-refractivity contribution in [2.75, 3.05) is 0 Å². The molecule has 2 nitrogen and oxygen atoms in total. The predicted molar refractivity (Wildman–Crippen MR) is 139 cm³/mol. The number of hydrogen-bond donors (Lipinski definition) is 0. The average molecular weight is 451 g/mol. The average Bonchev–Trinajstić information content (AvgIpc) is 2.91. The Morgan fingerprint density at radius 2 is 1.51 bits per heavy atom. The molecule has 0 saturated heterocycles. The predicted octanol–water partition coefficient (Wildman–Crippen LogP) is 6.15. The first-order valence-corrected chi connectivity index (χ1v) is 12.6. The summed E-state index contributed by atoms with van der Waals surface area (Å²) in [6.07, 6.45) is 7.94. The smallest absolute Gasteiger partial charge is 0.193 e. The summed E-state index contributed by atoms with van der Waals surface area (Å²) in [5.74, 6) is 0.671. The van der Waals surface area contributed by atoms with Crippen molar-refractivity contribution in [2.24, 2.45) is 5.92 Å². The minimum Gasteiger partial charge on any atom is -0.193 e. The van der Waals surface area contributed by atoms with Crippen LogP contribution in [0.25, 0.3) is 33.3 Å².